The lowest BCUT2D eigenvalue weighted by Crippen LogP contribution is -2.26. The summed E-state index contributed by atoms with van der Waals surface area (Å²) in [7, 11) is 0. The number of benzene rings is 1. The third-order valence-electron chi connectivity index (χ3n) is 4.12. The summed E-state index contributed by atoms with van der Waals surface area (Å²) in [4.78, 5) is 0. The Hall–Kier alpha value is -0.890. The fourth-order valence-electron chi connectivity index (χ4n) is 2.77. The second-order valence-electron chi connectivity index (χ2n) is 5.82. The quantitative estimate of drug-likeness (QED) is 0.606. The van der Waals surface area contributed by atoms with Crippen LogP contribution in [0.15, 0.2) is 24.3 Å². The van der Waals surface area contributed by atoms with Gasteiger partial charge >= 0.3 is 0 Å². The van der Waals surface area contributed by atoms with Crippen LogP contribution < -0.4 is 5.32 Å². The van der Waals surface area contributed by atoms with E-state index in [-0.39, 0.29) is 5.82 Å². The molecule has 0 bridgehead atoms. The van der Waals surface area contributed by atoms with Crippen molar-refractivity contribution < 1.29 is 4.39 Å². The highest BCUT2D eigenvalue weighted by atomic mass is 19.1. The lowest BCUT2D eigenvalue weighted by molar-refractivity contribution is 0.338. The minimum absolute atomic E-state index is 0.144. The van der Waals surface area contributed by atoms with Crippen LogP contribution in [-0.2, 0) is 6.42 Å². The summed E-state index contributed by atoms with van der Waals surface area (Å²) >= 11 is 0. The average molecular weight is 279 g/mol. The fourth-order valence-corrected chi connectivity index (χ4v) is 2.77. The van der Waals surface area contributed by atoms with Crippen molar-refractivity contribution in [3.63, 3.8) is 0 Å². The maximum absolute atomic E-state index is 13.0. The van der Waals surface area contributed by atoms with E-state index in [0.717, 1.165) is 25.4 Å². The third-order valence-corrected chi connectivity index (χ3v) is 4.12. The molecule has 20 heavy (non-hydrogen) atoms. The van der Waals surface area contributed by atoms with Crippen molar-refractivity contribution in [2.75, 3.05) is 13.1 Å². The highest BCUT2D eigenvalue weighted by molar-refractivity contribution is 5.16. The van der Waals surface area contributed by atoms with Gasteiger partial charge < -0.3 is 5.32 Å². The van der Waals surface area contributed by atoms with Gasteiger partial charge in [-0.2, -0.15) is 0 Å². The number of hydrogen-bond acceptors (Lipinski definition) is 1. The van der Waals surface area contributed by atoms with E-state index < -0.39 is 0 Å². The maximum atomic E-state index is 13.0. The monoisotopic (exact) mass is 279 g/mol. The molecule has 0 fully saturated rings. The second-order valence-corrected chi connectivity index (χ2v) is 5.82. The molecule has 0 heterocycles. The number of rotatable bonds is 10. The molecule has 0 saturated heterocycles. The largest absolute Gasteiger partial charge is 0.316 e. The Bertz CT molecular complexity index is 343. The van der Waals surface area contributed by atoms with Crippen LogP contribution in [0.1, 0.15) is 52.0 Å². The molecular formula is C18H30FN. The molecule has 114 valence electrons. The zero-order chi connectivity index (χ0) is 14.8. The van der Waals surface area contributed by atoms with Crippen LogP contribution in [0.5, 0.6) is 0 Å². The molecule has 0 aliphatic carbocycles. The van der Waals surface area contributed by atoms with E-state index in [9.17, 15) is 4.39 Å². The van der Waals surface area contributed by atoms with E-state index in [2.05, 4.69) is 26.1 Å². The summed E-state index contributed by atoms with van der Waals surface area (Å²) < 4.78 is 13.0. The van der Waals surface area contributed by atoms with Crippen molar-refractivity contribution in [2.45, 2.75) is 52.9 Å². The lowest BCUT2D eigenvalue weighted by Gasteiger charge is -2.22. The molecule has 0 spiro atoms. The highest BCUT2D eigenvalue weighted by Gasteiger charge is 2.14. The molecule has 2 heteroatoms. The molecule has 0 aliphatic heterocycles. The molecule has 1 nitrogen and oxygen atoms in total. The van der Waals surface area contributed by atoms with Crippen LogP contribution in [0.2, 0.25) is 0 Å². The topological polar surface area (TPSA) is 12.0 Å². The van der Waals surface area contributed by atoms with Crippen LogP contribution in [0, 0.1) is 17.7 Å². The number of nitrogens with one attached hydrogen (secondary N) is 1. The first kappa shape index (κ1) is 17.2. The van der Waals surface area contributed by atoms with Crippen LogP contribution in [0.25, 0.3) is 0 Å². The molecule has 1 aromatic rings. The SMILES string of the molecule is CCCNCC(Cc1ccc(F)cc1)CC(CC)CC. The van der Waals surface area contributed by atoms with Gasteiger partial charge in [-0.3, -0.25) is 0 Å². The van der Waals surface area contributed by atoms with E-state index in [0.29, 0.717) is 5.92 Å². The first-order chi connectivity index (χ1) is 9.69. The highest BCUT2D eigenvalue weighted by Crippen LogP contribution is 2.22. The van der Waals surface area contributed by atoms with E-state index in [1.54, 1.807) is 12.1 Å². The van der Waals surface area contributed by atoms with E-state index in [1.807, 2.05) is 12.1 Å². The molecule has 1 unspecified atom stereocenters. The van der Waals surface area contributed by atoms with Crippen LogP contribution in [-0.4, -0.2) is 13.1 Å². The van der Waals surface area contributed by atoms with Gasteiger partial charge in [0, 0.05) is 0 Å². The zero-order valence-corrected chi connectivity index (χ0v) is 13.3. The van der Waals surface area contributed by atoms with Gasteiger partial charge in [0.05, 0.1) is 0 Å². The van der Waals surface area contributed by atoms with Gasteiger partial charge in [-0.1, -0.05) is 45.7 Å². The standard InChI is InChI=1S/C18H30FN/c1-4-11-20-14-17(12-15(5-2)6-3)13-16-7-9-18(19)10-8-16/h7-10,15,17,20H,4-6,11-14H2,1-3H3. The molecule has 1 aromatic carbocycles. The molecule has 0 aromatic heterocycles. The Balaban J connectivity index is 2.58. The van der Waals surface area contributed by atoms with Gasteiger partial charge in [-0.25, -0.2) is 4.39 Å². The van der Waals surface area contributed by atoms with Crippen LogP contribution in [0.4, 0.5) is 4.39 Å². The van der Waals surface area contributed by atoms with Gasteiger partial charge in [0.15, 0.2) is 0 Å². The van der Waals surface area contributed by atoms with Gasteiger partial charge in [0.25, 0.3) is 0 Å². The molecular weight excluding hydrogens is 249 g/mol. The van der Waals surface area contributed by atoms with Gasteiger partial charge in [0.2, 0.25) is 0 Å². The van der Waals surface area contributed by atoms with Crippen molar-refractivity contribution in [3.8, 4) is 0 Å². The summed E-state index contributed by atoms with van der Waals surface area (Å²) in [6.45, 7) is 8.92. The van der Waals surface area contributed by atoms with Crippen molar-refractivity contribution in [1.82, 2.24) is 5.32 Å². The third kappa shape index (κ3) is 6.51. The van der Waals surface area contributed by atoms with Gasteiger partial charge in [-0.15, -0.1) is 0 Å². The Morgan fingerprint density at radius 3 is 2.20 bits per heavy atom. The lowest BCUT2D eigenvalue weighted by atomic mass is 9.86. The van der Waals surface area contributed by atoms with Gasteiger partial charge in [0.1, 0.15) is 5.82 Å². The normalized spacial score (nSPS) is 12.8. The number of halogens is 1. The summed E-state index contributed by atoms with van der Waals surface area (Å²) in [5.74, 6) is 1.31. The first-order valence-electron chi connectivity index (χ1n) is 8.14. The molecule has 0 amide bonds. The molecule has 0 saturated carbocycles. The van der Waals surface area contributed by atoms with E-state index >= 15 is 0 Å². The Labute approximate surface area is 124 Å². The summed E-state index contributed by atoms with van der Waals surface area (Å²) in [5, 5.41) is 3.55. The average Bonchev–Trinajstić information content (AvgIpc) is 2.47. The predicted octanol–water partition coefficient (Wildman–Crippen LogP) is 4.81. The Morgan fingerprint density at radius 2 is 1.65 bits per heavy atom. The van der Waals surface area contributed by atoms with Gasteiger partial charge in [-0.05, 0) is 61.9 Å². The second kappa shape index (κ2) is 9.93. The summed E-state index contributed by atoms with van der Waals surface area (Å²) in [6.07, 6.45) is 6.00. The molecule has 0 aliphatic rings. The predicted molar refractivity (Wildman–Crippen MR) is 85.4 cm³/mol. The molecule has 1 atom stereocenters. The van der Waals surface area contributed by atoms with Crippen LogP contribution in [0.3, 0.4) is 0 Å². The Morgan fingerprint density at radius 1 is 1.00 bits per heavy atom. The van der Waals surface area contributed by atoms with Crippen molar-refractivity contribution in [1.29, 1.82) is 0 Å². The molecule has 1 rings (SSSR count). The van der Waals surface area contributed by atoms with E-state index in [1.165, 1.54) is 31.2 Å². The zero-order valence-electron chi connectivity index (χ0n) is 13.3. The summed E-state index contributed by atoms with van der Waals surface area (Å²) in [5.41, 5.74) is 1.25. The summed E-state index contributed by atoms with van der Waals surface area (Å²) in [6, 6.07) is 7.00. The first-order valence-corrected chi connectivity index (χ1v) is 8.14. The minimum Gasteiger partial charge on any atom is -0.316 e. The van der Waals surface area contributed by atoms with Crippen molar-refractivity contribution in [2.24, 2.45) is 11.8 Å². The molecule has 0 radical (unpaired) electrons. The van der Waals surface area contributed by atoms with E-state index in [4.69, 9.17) is 0 Å². The smallest absolute Gasteiger partial charge is 0.123 e. The van der Waals surface area contributed by atoms with Crippen molar-refractivity contribution in [3.05, 3.63) is 35.6 Å². The van der Waals surface area contributed by atoms with Crippen LogP contribution >= 0.6 is 0 Å². The fraction of sp³-hybridized carbons (Fsp3) is 0.667. The van der Waals surface area contributed by atoms with Crippen molar-refractivity contribution >= 4 is 0 Å². The minimum atomic E-state index is -0.144. The number of hydrogen-bond donors (Lipinski definition) is 1. The maximum Gasteiger partial charge on any atom is 0.123 e. The molecule has 1 N–H and O–H groups in total. The Kier molecular flexibility index (Phi) is 8.52.